The topological polar surface area (TPSA) is 99.9 Å². The molecular weight excluding hydrogens is 432 g/mol. The molecule has 0 radical (unpaired) electrons. The van der Waals surface area contributed by atoms with Crippen LogP contribution in [0.4, 0.5) is 5.69 Å². The van der Waals surface area contributed by atoms with E-state index in [4.69, 9.17) is 18.7 Å². The molecule has 1 aromatic heterocycles. The lowest BCUT2D eigenvalue weighted by Crippen LogP contribution is -2.21. The Morgan fingerprint density at radius 1 is 1.06 bits per heavy atom. The number of hydrogen-bond acceptors (Lipinski definition) is 8. The molecule has 2 aromatic carbocycles. The summed E-state index contributed by atoms with van der Waals surface area (Å²) >= 11 is 1.48. The van der Waals surface area contributed by atoms with Gasteiger partial charge < -0.3 is 24.1 Å². The van der Waals surface area contributed by atoms with Crippen LogP contribution < -0.4 is 14.8 Å². The van der Waals surface area contributed by atoms with Crippen LogP contribution in [0.1, 0.15) is 27.4 Å². The number of benzene rings is 2. The van der Waals surface area contributed by atoms with Gasteiger partial charge in [0.2, 0.25) is 0 Å². The number of anilines is 1. The van der Waals surface area contributed by atoms with Crippen molar-refractivity contribution in [1.29, 1.82) is 0 Å². The molecule has 0 aliphatic rings. The molecule has 0 aliphatic heterocycles. The van der Waals surface area contributed by atoms with Crippen molar-refractivity contribution in [3.8, 4) is 11.5 Å². The number of amides is 1. The summed E-state index contributed by atoms with van der Waals surface area (Å²) in [5.41, 5.74) is 2.67. The molecule has 168 valence electrons. The second-order valence-corrected chi connectivity index (χ2v) is 7.83. The molecule has 0 fully saturated rings. The Morgan fingerprint density at radius 3 is 2.38 bits per heavy atom. The predicted octanol–water partition coefficient (Wildman–Crippen LogP) is 4.40. The molecule has 0 unspecified atom stereocenters. The van der Waals surface area contributed by atoms with E-state index in [0.29, 0.717) is 28.5 Å². The third-order valence-electron chi connectivity index (χ3n) is 4.63. The number of esters is 1. The lowest BCUT2D eigenvalue weighted by molar-refractivity contribution is -0.119. The van der Waals surface area contributed by atoms with Gasteiger partial charge in [-0.25, -0.2) is 4.79 Å². The summed E-state index contributed by atoms with van der Waals surface area (Å²) in [5, 5.41) is 6.62. The summed E-state index contributed by atoms with van der Waals surface area (Å²) in [6, 6.07) is 12.1. The quantitative estimate of drug-likeness (QED) is 0.374. The monoisotopic (exact) mass is 456 g/mol. The number of aryl methyl sites for hydroxylation is 2. The number of aromatic nitrogens is 1. The lowest BCUT2D eigenvalue weighted by atomic mass is 10.2. The summed E-state index contributed by atoms with van der Waals surface area (Å²) in [5.74, 6) is 1.35. The smallest absolute Gasteiger partial charge is 0.339 e. The number of hydrogen-bond donors (Lipinski definition) is 1. The zero-order valence-corrected chi connectivity index (χ0v) is 19.1. The van der Waals surface area contributed by atoms with Crippen molar-refractivity contribution in [3.63, 3.8) is 0 Å². The van der Waals surface area contributed by atoms with E-state index < -0.39 is 18.5 Å². The third-order valence-corrected chi connectivity index (χ3v) is 5.73. The maximum absolute atomic E-state index is 12.6. The van der Waals surface area contributed by atoms with Gasteiger partial charge in [0, 0.05) is 40.1 Å². The third kappa shape index (κ3) is 5.82. The molecule has 1 N–H and O–H groups in total. The number of nitrogens with one attached hydrogen (secondary N) is 1. The zero-order chi connectivity index (χ0) is 23.1. The molecule has 3 rings (SSSR count). The van der Waals surface area contributed by atoms with Crippen LogP contribution in [0.5, 0.6) is 11.5 Å². The van der Waals surface area contributed by atoms with Gasteiger partial charge in [0.1, 0.15) is 17.3 Å². The van der Waals surface area contributed by atoms with Crippen molar-refractivity contribution in [3.05, 3.63) is 65.0 Å². The van der Waals surface area contributed by atoms with Crippen molar-refractivity contribution in [2.24, 2.45) is 0 Å². The second-order valence-electron chi connectivity index (χ2n) is 6.81. The minimum absolute atomic E-state index is 0.389. The molecular formula is C23H24N2O6S. The fourth-order valence-electron chi connectivity index (χ4n) is 2.90. The van der Waals surface area contributed by atoms with Gasteiger partial charge in [-0.2, -0.15) is 0 Å². The van der Waals surface area contributed by atoms with Crippen molar-refractivity contribution < 1.29 is 28.3 Å². The summed E-state index contributed by atoms with van der Waals surface area (Å²) in [7, 11) is 3.03. The van der Waals surface area contributed by atoms with Crippen molar-refractivity contribution in [2.75, 3.05) is 26.1 Å². The fraction of sp³-hybridized carbons (Fsp3) is 0.261. The molecule has 0 aliphatic carbocycles. The average Bonchev–Trinajstić information content (AvgIpc) is 3.12. The minimum atomic E-state index is -0.578. The van der Waals surface area contributed by atoms with Gasteiger partial charge in [-0.15, -0.1) is 11.8 Å². The van der Waals surface area contributed by atoms with Gasteiger partial charge in [0.05, 0.1) is 25.5 Å². The second kappa shape index (κ2) is 10.7. The van der Waals surface area contributed by atoms with E-state index in [1.165, 1.54) is 26.0 Å². The molecule has 0 bridgehead atoms. The molecule has 0 saturated carbocycles. The van der Waals surface area contributed by atoms with Crippen LogP contribution in [0.2, 0.25) is 0 Å². The molecule has 8 nitrogen and oxygen atoms in total. The number of carbonyl (C=O) groups is 2. The first-order valence-electron chi connectivity index (χ1n) is 9.75. The maximum atomic E-state index is 12.6. The maximum Gasteiger partial charge on any atom is 0.339 e. The Morgan fingerprint density at radius 2 is 1.75 bits per heavy atom. The number of rotatable bonds is 9. The van der Waals surface area contributed by atoms with E-state index in [9.17, 15) is 9.59 Å². The van der Waals surface area contributed by atoms with Crippen LogP contribution in [-0.2, 0) is 15.3 Å². The van der Waals surface area contributed by atoms with Crippen molar-refractivity contribution in [2.45, 2.75) is 24.5 Å². The first-order chi connectivity index (χ1) is 15.4. The number of methoxy groups -OCH3 is 2. The van der Waals surface area contributed by atoms with E-state index in [1.807, 2.05) is 26.0 Å². The average molecular weight is 457 g/mol. The molecule has 0 spiro atoms. The SMILES string of the molecule is COc1cc(NC(=O)COC(=O)c2ccccc2SCc2c(C)noc2C)cc(OC)c1. The first kappa shape index (κ1) is 23.2. The van der Waals surface area contributed by atoms with Crippen LogP contribution in [0.15, 0.2) is 51.9 Å². The highest BCUT2D eigenvalue weighted by Crippen LogP contribution is 2.29. The Hall–Kier alpha value is -3.46. The summed E-state index contributed by atoms with van der Waals surface area (Å²) in [4.78, 5) is 25.7. The van der Waals surface area contributed by atoms with E-state index in [2.05, 4.69) is 10.5 Å². The number of nitrogens with zero attached hydrogens (tertiary/aromatic N) is 1. The number of ether oxygens (including phenoxy) is 3. The minimum Gasteiger partial charge on any atom is -0.497 e. The Labute approximate surface area is 190 Å². The van der Waals surface area contributed by atoms with Gasteiger partial charge in [-0.3, -0.25) is 4.79 Å². The molecule has 1 heterocycles. The molecule has 32 heavy (non-hydrogen) atoms. The molecule has 0 atom stereocenters. The largest absolute Gasteiger partial charge is 0.497 e. The number of thioether (sulfide) groups is 1. The van der Waals surface area contributed by atoms with Crippen LogP contribution in [0.25, 0.3) is 0 Å². The molecule has 9 heteroatoms. The van der Waals surface area contributed by atoms with Crippen LogP contribution >= 0.6 is 11.8 Å². The number of carbonyl (C=O) groups excluding carboxylic acids is 2. The highest BCUT2D eigenvalue weighted by atomic mass is 32.2. The molecule has 1 amide bonds. The standard InChI is InChI=1S/C23H24N2O6S/c1-14-20(15(2)31-25-14)13-32-21-8-6-5-7-19(21)23(27)30-12-22(26)24-16-9-17(28-3)11-18(10-16)29-4/h5-11H,12-13H2,1-4H3,(H,24,26). The van der Waals surface area contributed by atoms with Crippen molar-refractivity contribution >= 4 is 29.3 Å². The Kier molecular flexibility index (Phi) is 7.77. The van der Waals surface area contributed by atoms with E-state index in [1.54, 1.807) is 30.3 Å². The van der Waals surface area contributed by atoms with Gasteiger partial charge in [-0.05, 0) is 26.0 Å². The van der Waals surface area contributed by atoms with E-state index >= 15 is 0 Å². The predicted molar refractivity (Wildman–Crippen MR) is 120 cm³/mol. The Balaban J connectivity index is 1.61. The van der Waals surface area contributed by atoms with E-state index in [0.717, 1.165) is 21.9 Å². The Bertz CT molecular complexity index is 1070. The van der Waals surface area contributed by atoms with Gasteiger partial charge in [0.15, 0.2) is 6.61 Å². The summed E-state index contributed by atoms with van der Waals surface area (Å²) in [6.45, 7) is 3.30. The van der Waals surface area contributed by atoms with Crippen LogP contribution in [0, 0.1) is 13.8 Å². The summed E-state index contributed by atoms with van der Waals surface area (Å²) < 4.78 is 20.8. The van der Waals surface area contributed by atoms with Crippen molar-refractivity contribution in [1.82, 2.24) is 5.16 Å². The molecule has 0 saturated heterocycles. The zero-order valence-electron chi connectivity index (χ0n) is 18.3. The normalized spacial score (nSPS) is 10.5. The fourth-order valence-corrected chi connectivity index (χ4v) is 4.10. The first-order valence-corrected chi connectivity index (χ1v) is 10.7. The highest BCUT2D eigenvalue weighted by Gasteiger charge is 2.17. The summed E-state index contributed by atoms with van der Waals surface area (Å²) in [6.07, 6.45) is 0. The lowest BCUT2D eigenvalue weighted by Gasteiger charge is -2.11. The van der Waals surface area contributed by atoms with Gasteiger partial charge in [0.25, 0.3) is 5.91 Å². The molecule has 3 aromatic rings. The van der Waals surface area contributed by atoms with Gasteiger partial charge in [-0.1, -0.05) is 17.3 Å². The highest BCUT2D eigenvalue weighted by molar-refractivity contribution is 7.98. The van der Waals surface area contributed by atoms with E-state index in [-0.39, 0.29) is 0 Å². The van der Waals surface area contributed by atoms with Gasteiger partial charge >= 0.3 is 5.97 Å². The van der Waals surface area contributed by atoms with Crippen LogP contribution in [0.3, 0.4) is 0 Å². The van der Waals surface area contributed by atoms with Crippen LogP contribution in [-0.4, -0.2) is 37.9 Å².